The molecule has 2 atom stereocenters. The summed E-state index contributed by atoms with van der Waals surface area (Å²) in [5.74, 6) is -1.45. The molecule has 1 amide bonds. The van der Waals surface area contributed by atoms with E-state index in [1.54, 1.807) is 0 Å². The molecule has 1 rings (SSSR count). The van der Waals surface area contributed by atoms with Gasteiger partial charge in [0.05, 0.1) is 6.04 Å². The Kier molecular flexibility index (Phi) is 6.02. The number of rotatable bonds is 7. The van der Waals surface area contributed by atoms with Crippen LogP contribution in [0.5, 0.6) is 0 Å². The first kappa shape index (κ1) is 15.2. The van der Waals surface area contributed by atoms with Crippen LogP contribution in [0.4, 0.5) is 0 Å². The molecule has 0 aliphatic carbocycles. The van der Waals surface area contributed by atoms with Crippen LogP contribution in [-0.4, -0.2) is 29.1 Å². The predicted molar refractivity (Wildman–Crippen MR) is 72.6 cm³/mol. The maximum Gasteiger partial charge on any atom is 0.326 e. The molecule has 0 aliphatic heterocycles. The molecule has 19 heavy (non-hydrogen) atoms. The van der Waals surface area contributed by atoms with Crippen molar-refractivity contribution >= 4 is 11.9 Å². The SMILES string of the molecule is CCC[C@H](NC(=O)[C@@H](N)Cc1ccccc1)C(=O)O. The molecule has 0 spiro atoms. The molecule has 4 N–H and O–H groups in total. The van der Waals surface area contributed by atoms with Gasteiger partial charge in [-0.25, -0.2) is 4.79 Å². The first-order chi connectivity index (χ1) is 9.04. The fourth-order valence-corrected chi connectivity index (χ4v) is 1.79. The molecule has 0 saturated heterocycles. The highest BCUT2D eigenvalue weighted by Gasteiger charge is 2.22. The number of amides is 1. The Bertz CT molecular complexity index is 420. The Morgan fingerprint density at radius 2 is 1.95 bits per heavy atom. The number of carboxylic acids is 1. The van der Waals surface area contributed by atoms with Crippen LogP contribution >= 0.6 is 0 Å². The molecule has 104 valence electrons. The summed E-state index contributed by atoms with van der Waals surface area (Å²) in [6.07, 6.45) is 1.48. The van der Waals surface area contributed by atoms with Gasteiger partial charge in [-0.1, -0.05) is 43.7 Å². The first-order valence-electron chi connectivity index (χ1n) is 6.37. The van der Waals surface area contributed by atoms with Crippen molar-refractivity contribution in [2.24, 2.45) is 5.73 Å². The van der Waals surface area contributed by atoms with E-state index in [-0.39, 0.29) is 0 Å². The largest absolute Gasteiger partial charge is 0.480 e. The standard InChI is InChI=1S/C14H20N2O3/c1-2-6-12(14(18)19)16-13(17)11(15)9-10-7-4-3-5-8-10/h3-5,7-8,11-12H,2,6,9,15H2,1H3,(H,16,17)(H,18,19)/t11-,12-/m0/s1. The van der Waals surface area contributed by atoms with E-state index in [1.165, 1.54) is 0 Å². The minimum atomic E-state index is -1.03. The van der Waals surface area contributed by atoms with Crippen molar-refractivity contribution in [2.75, 3.05) is 0 Å². The molecule has 0 radical (unpaired) electrons. The van der Waals surface area contributed by atoms with Crippen molar-refractivity contribution in [3.8, 4) is 0 Å². The molecule has 1 aromatic rings. The molecule has 0 heterocycles. The van der Waals surface area contributed by atoms with Crippen LogP contribution in [0.15, 0.2) is 30.3 Å². The summed E-state index contributed by atoms with van der Waals surface area (Å²) in [4.78, 5) is 22.8. The van der Waals surface area contributed by atoms with Gasteiger partial charge >= 0.3 is 5.97 Å². The summed E-state index contributed by atoms with van der Waals surface area (Å²) in [5.41, 5.74) is 6.74. The third-order valence-electron chi connectivity index (χ3n) is 2.83. The summed E-state index contributed by atoms with van der Waals surface area (Å²) >= 11 is 0. The highest BCUT2D eigenvalue weighted by Crippen LogP contribution is 2.03. The van der Waals surface area contributed by atoms with E-state index in [1.807, 2.05) is 37.3 Å². The third kappa shape index (κ3) is 5.09. The van der Waals surface area contributed by atoms with Crippen LogP contribution in [0.2, 0.25) is 0 Å². The Hall–Kier alpha value is -1.88. The highest BCUT2D eigenvalue weighted by atomic mass is 16.4. The van der Waals surface area contributed by atoms with Crippen molar-refractivity contribution in [3.05, 3.63) is 35.9 Å². The monoisotopic (exact) mass is 264 g/mol. The van der Waals surface area contributed by atoms with E-state index in [4.69, 9.17) is 10.8 Å². The highest BCUT2D eigenvalue weighted by molar-refractivity contribution is 5.86. The van der Waals surface area contributed by atoms with Crippen molar-refractivity contribution in [3.63, 3.8) is 0 Å². The van der Waals surface area contributed by atoms with Gasteiger partial charge in [0.25, 0.3) is 0 Å². The normalized spacial score (nSPS) is 13.6. The van der Waals surface area contributed by atoms with Crippen LogP contribution < -0.4 is 11.1 Å². The number of carbonyl (C=O) groups is 2. The van der Waals surface area contributed by atoms with E-state index >= 15 is 0 Å². The summed E-state index contributed by atoms with van der Waals surface area (Å²) in [7, 11) is 0. The van der Waals surface area contributed by atoms with Crippen molar-refractivity contribution in [2.45, 2.75) is 38.3 Å². The number of carboxylic acid groups (broad SMARTS) is 1. The molecule has 0 bridgehead atoms. The average molecular weight is 264 g/mol. The molecule has 0 aliphatic rings. The smallest absolute Gasteiger partial charge is 0.326 e. The molecular formula is C14H20N2O3. The van der Waals surface area contributed by atoms with Gasteiger partial charge < -0.3 is 16.2 Å². The number of hydrogen-bond donors (Lipinski definition) is 3. The van der Waals surface area contributed by atoms with E-state index in [0.717, 1.165) is 5.56 Å². The number of benzene rings is 1. The second-order valence-corrected chi connectivity index (χ2v) is 4.48. The van der Waals surface area contributed by atoms with E-state index in [2.05, 4.69) is 5.32 Å². The van der Waals surface area contributed by atoms with Gasteiger partial charge in [-0.15, -0.1) is 0 Å². The first-order valence-corrected chi connectivity index (χ1v) is 6.37. The molecule has 5 heteroatoms. The summed E-state index contributed by atoms with van der Waals surface area (Å²) in [6, 6.07) is 7.80. The Labute approximate surface area is 112 Å². The maximum absolute atomic E-state index is 11.8. The lowest BCUT2D eigenvalue weighted by Gasteiger charge is -2.17. The van der Waals surface area contributed by atoms with Gasteiger partial charge in [-0.3, -0.25) is 4.79 Å². The van der Waals surface area contributed by atoms with Gasteiger partial charge in [0.2, 0.25) is 5.91 Å². The Morgan fingerprint density at radius 1 is 1.32 bits per heavy atom. The second-order valence-electron chi connectivity index (χ2n) is 4.48. The van der Waals surface area contributed by atoms with Crippen LogP contribution in [0.1, 0.15) is 25.3 Å². The fraction of sp³-hybridized carbons (Fsp3) is 0.429. The number of nitrogens with two attached hydrogens (primary N) is 1. The summed E-state index contributed by atoms with van der Waals surface area (Å²) < 4.78 is 0. The zero-order valence-electron chi connectivity index (χ0n) is 11.0. The van der Waals surface area contributed by atoms with Crippen LogP contribution in [-0.2, 0) is 16.0 Å². The van der Waals surface area contributed by atoms with Crippen LogP contribution in [0.3, 0.4) is 0 Å². The van der Waals surface area contributed by atoms with Crippen molar-refractivity contribution < 1.29 is 14.7 Å². The van der Waals surface area contributed by atoms with Crippen molar-refractivity contribution in [1.82, 2.24) is 5.32 Å². The topological polar surface area (TPSA) is 92.4 Å². The molecular weight excluding hydrogens is 244 g/mol. The molecule has 1 aromatic carbocycles. The lowest BCUT2D eigenvalue weighted by Crippen LogP contribution is -2.49. The van der Waals surface area contributed by atoms with E-state index in [9.17, 15) is 9.59 Å². The molecule has 0 saturated carbocycles. The third-order valence-corrected chi connectivity index (χ3v) is 2.83. The number of carbonyl (C=O) groups excluding carboxylic acids is 1. The predicted octanol–water partition coefficient (Wildman–Crippen LogP) is 0.926. The maximum atomic E-state index is 11.8. The molecule has 5 nitrogen and oxygen atoms in total. The molecule has 0 aromatic heterocycles. The van der Waals surface area contributed by atoms with Crippen LogP contribution in [0, 0.1) is 0 Å². The van der Waals surface area contributed by atoms with Crippen molar-refractivity contribution in [1.29, 1.82) is 0 Å². The fourth-order valence-electron chi connectivity index (χ4n) is 1.79. The van der Waals surface area contributed by atoms with E-state index < -0.39 is 24.0 Å². The minimum Gasteiger partial charge on any atom is -0.480 e. The van der Waals surface area contributed by atoms with Crippen LogP contribution in [0.25, 0.3) is 0 Å². The molecule has 0 unspecified atom stereocenters. The zero-order valence-corrected chi connectivity index (χ0v) is 11.0. The quantitative estimate of drug-likeness (QED) is 0.683. The second kappa shape index (κ2) is 7.53. The number of hydrogen-bond acceptors (Lipinski definition) is 3. The van der Waals surface area contributed by atoms with Gasteiger partial charge in [-0.2, -0.15) is 0 Å². The van der Waals surface area contributed by atoms with Gasteiger partial charge in [0, 0.05) is 0 Å². The number of nitrogens with one attached hydrogen (secondary N) is 1. The average Bonchev–Trinajstić information content (AvgIpc) is 2.39. The lowest BCUT2D eigenvalue weighted by atomic mass is 10.1. The Morgan fingerprint density at radius 3 is 2.47 bits per heavy atom. The lowest BCUT2D eigenvalue weighted by molar-refractivity contribution is -0.142. The van der Waals surface area contributed by atoms with E-state index in [0.29, 0.717) is 19.3 Å². The minimum absolute atomic E-state index is 0.394. The van der Waals surface area contributed by atoms with Gasteiger partial charge in [0.1, 0.15) is 6.04 Å². The van der Waals surface area contributed by atoms with Gasteiger partial charge in [-0.05, 0) is 18.4 Å². The van der Waals surface area contributed by atoms with Gasteiger partial charge in [0.15, 0.2) is 0 Å². The zero-order chi connectivity index (χ0) is 14.3. The Balaban J connectivity index is 2.54. The summed E-state index contributed by atoms with van der Waals surface area (Å²) in [5, 5.41) is 11.4. The summed E-state index contributed by atoms with van der Waals surface area (Å²) in [6.45, 7) is 1.87. The molecule has 0 fully saturated rings. The number of aliphatic carboxylic acids is 1.